The van der Waals surface area contributed by atoms with Gasteiger partial charge in [0.1, 0.15) is 0 Å². The summed E-state index contributed by atoms with van der Waals surface area (Å²) in [6.45, 7) is 3.54. The molecule has 3 rings (SSSR count). The molecular formula is C13H14N4OS2. The molecule has 0 radical (unpaired) electrons. The Morgan fingerprint density at radius 1 is 1.55 bits per heavy atom. The summed E-state index contributed by atoms with van der Waals surface area (Å²) in [5.74, 6) is 0.00681. The number of aromatic nitrogens is 3. The molecule has 7 heteroatoms. The van der Waals surface area contributed by atoms with Crippen LogP contribution in [0.5, 0.6) is 0 Å². The lowest BCUT2D eigenvalue weighted by atomic mass is 10.2. The Balaban J connectivity index is 1.80. The van der Waals surface area contributed by atoms with Gasteiger partial charge in [0.15, 0.2) is 0 Å². The Hall–Kier alpha value is -1.60. The zero-order chi connectivity index (χ0) is 14.1. The van der Waals surface area contributed by atoms with Crippen molar-refractivity contribution in [2.45, 2.75) is 25.6 Å². The van der Waals surface area contributed by atoms with E-state index in [0.717, 1.165) is 22.8 Å². The third kappa shape index (κ3) is 2.64. The van der Waals surface area contributed by atoms with Crippen LogP contribution in [0.2, 0.25) is 0 Å². The van der Waals surface area contributed by atoms with E-state index in [1.807, 2.05) is 23.2 Å². The number of nitrogens with one attached hydrogen (secondary N) is 1. The average molecular weight is 306 g/mol. The molecule has 0 aromatic carbocycles. The van der Waals surface area contributed by atoms with Crippen molar-refractivity contribution in [1.82, 2.24) is 20.1 Å². The molecule has 0 fully saturated rings. The summed E-state index contributed by atoms with van der Waals surface area (Å²) in [6, 6.07) is 0. The van der Waals surface area contributed by atoms with E-state index in [0.29, 0.717) is 0 Å². The fraction of sp³-hybridized carbons (Fsp3) is 0.308. The van der Waals surface area contributed by atoms with Crippen LogP contribution in [0.1, 0.15) is 24.6 Å². The maximum Gasteiger partial charge on any atom is 0.217 e. The van der Waals surface area contributed by atoms with Gasteiger partial charge in [-0.15, -0.1) is 23.1 Å². The van der Waals surface area contributed by atoms with Crippen LogP contribution in [0.15, 0.2) is 23.8 Å². The molecular weight excluding hydrogens is 292 g/mol. The third-order valence-corrected chi connectivity index (χ3v) is 4.93. The van der Waals surface area contributed by atoms with Gasteiger partial charge in [-0.25, -0.2) is 9.67 Å². The topological polar surface area (TPSA) is 59.8 Å². The Bertz CT molecular complexity index is 660. The van der Waals surface area contributed by atoms with E-state index in [1.165, 1.54) is 4.91 Å². The second-order valence-electron chi connectivity index (χ2n) is 4.50. The highest BCUT2D eigenvalue weighted by Gasteiger charge is 2.22. The third-order valence-electron chi connectivity index (χ3n) is 2.93. The number of thiazole rings is 1. The molecule has 3 heterocycles. The molecule has 1 aliphatic rings. The molecule has 0 aliphatic carbocycles. The van der Waals surface area contributed by atoms with Crippen LogP contribution < -0.4 is 5.32 Å². The monoisotopic (exact) mass is 306 g/mol. The van der Waals surface area contributed by atoms with E-state index in [-0.39, 0.29) is 11.3 Å². The van der Waals surface area contributed by atoms with Crippen LogP contribution in [0, 0.1) is 6.92 Å². The van der Waals surface area contributed by atoms with E-state index >= 15 is 0 Å². The van der Waals surface area contributed by atoms with Crippen molar-refractivity contribution in [1.29, 1.82) is 0 Å². The summed E-state index contributed by atoms with van der Waals surface area (Å²) in [5, 5.41) is 10.4. The molecule has 1 unspecified atom stereocenters. The number of thioether (sulfide) groups is 1. The number of hydrogen-bond donors (Lipinski definition) is 1. The van der Waals surface area contributed by atoms with Gasteiger partial charge in [-0.05, 0) is 13.3 Å². The summed E-state index contributed by atoms with van der Waals surface area (Å²) in [4.78, 5) is 16.5. The van der Waals surface area contributed by atoms with Gasteiger partial charge in [-0.1, -0.05) is 6.08 Å². The zero-order valence-electron chi connectivity index (χ0n) is 11.2. The number of hydrogen-bond acceptors (Lipinski definition) is 5. The van der Waals surface area contributed by atoms with Gasteiger partial charge in [0.25, 0.3) is 0 Å². The molecule has 1 aliphatic heterocycles. The van der Waals surface area contributed by atoms with Gasteiger partial charge in [-0.3, -0.25) is 4.79 Å². The second kappa shape index (κ2) is 5.41. The van der Waals surface area contributed by atoms with Crippen molar-refractivity contribution in [2.24, 2.45) is 0 Å². The van der Waals surface area contributed by atoms with Crippen LogP contribution in [0.3, 0.4) is 0 Å². The first-order chi connectivity index (χ1) is 9.63. The summed E-state index contributed by atoms with van der Waals surface area (Å²) in [6.07, 6.45) is 6.78. The Morgan fingerprint density at radius 3 is 3.10 bits per heavy atom. The number of aryl methyl sites for hydroxylation is 1. The van der Waals surface area contributed by atoms with Crippen LogP contribution in [0.25, 0.3) is 10.0 Å². The van der Waals surface area contributed by atoms with Gasteiger partial charge in [0, 0.05) is 35.2 Å². The van der Waals surface area contributed by atoms with Gasteiger partial charge in [0.05, 0.1) is 11.1 Å². The normalized spacial score (nSPS) is 18.1. The molecule has 0 bridgehead atoms. The van der Waals surface area contributed by atoms with E-state index in [4.69, 9.17) is 0 Å². The smallest absolute Gasteiger partial charge is 0.217 e. The first-order valence-corrected chi connectivity index (χ1v) is 8.00. The van der Waals surface area contributed by atoms with Crippen molar-refractivity contribution >= 4 is 33.9 Å². The summed E-state index contributed by atoms with van der Waals surface area (Å²) < 4.78 is 1.81. The number of carbonyl (C=O) groups is 1. The minimum absolute atomic E-state index is 0.00681. The van der Waals surface area contributed by atoms with Crippen molar-refractivity contribution in [3.8, 4) is 5.13 Å². The average Bonchev–Trinajstić information content (AvgIpc) is 3.07. The first-order valence-electron chi connectivity index (χ1n) is 6.24. The SMILES string of the molecule is CC(=O)NC1CC=C(c2cn(-c3nccs3)nc2C)S1. The number of carbonyl (C=O) groups excluding carboxylic acids is 1. The highest BCUT2D eigenvalue weighted by molar-refractivity contribution is 8.09. The molecule has 1 amide bonds. The van der Waals surface area contributed by atoms with Crippen molar-refractivity contribution in [3.63, 3.8) is 0 Å². The summed E-state index contributed by atoms with van der Waals surface area (Å²) in [7, 11) is 0. The molecule has 5 nitrogen and oxygen atoms in total. The lowest BCUT2D eigenvalue weighted by Gasteiger charge is -2.10. The van der Waals surface area contributed by atoms with Gasteiger partial charge in [-0.2, -0.15) is 5.10 Å². The second-order valence-corrected chi connectivity index (χ2v) is 6.62. The Morgan fingerprint density at radius 2 is 2.40 bits per heavy atom. The predicted octanol–water partition coefficient (Wildman–Crippen LogP) is 2.58. The Kier molecular flexibility index (Phi) is 3.62. The Labute approximate surface area is 125 Å². The van der Waals surface area contributed by atoms with E-state index < -0.39 is 0 Å². The number of rotatable bonds is 3. The predicted molar refractivity (Wildman–Crippen MR) is 81.8 cm³/mol. The van der Waals surface area contributed by atoms with Crippen LogP contribution in [0.4, 0.5) is 0 Å². The largest absolute Gasteiger partial charge is 0.344 e. The molecule has 1 N–H and O–H groups in total. The fourth-order valence-corrected chi connectivity index (χ4v) is 3.89. The quantitative estimate of drug-likeness (QED) is 0.947. The van der Waals surface area contributed by atoms with Crippen molar-refractivity contribution in [3.05, 3.63) is 35.1 Å². The molecule has 104 valence electrons. The van der Waals surface area contributed by atoms with Gasteiger partial charge < -0.3 is 5.32 Å². The number of nitrogens with zero attached hydrogens (tertiary/aromatic N) is 3. The van der Waals surface area contributed by atoms with Gasteiger partial charge >= 0.3 is 0 Å². The van der Waals surface area contributed by atoms with Crippen LogP contribution >= 0.6 is 23.1 Å². The highest BCUT2D eigenvalue weighted by atomic mass is 32.2. The molecule has 0 saturated carbocycles. The highest BCUT2D eigenvalue weighted by Crippen LogP contribution is 2.39. The lowest BCUT2D eigenvalue weighted by Crippen LogP contribution is -2.28. The van der Waals surface area contributed by atoms with E-state index in [9.17, 15) is 4.79 Å². The van der Waals surface area contributed by atoms with E-state index in [1.54, 1.807) is 36.2 Å². The first kappa shape index (κ1) is 13.4. The minimum Gasteiger partial charge on any atom is -0.344 e. The standard InChI is InChI=1S/C13H14N4OS2/c1-8-10(7-17(16-8)13-14-5-6-19-13)11-3-4-12(20-11)15-9(2)18/h3,5-7,12H,4H2,1-2H3,(H,15,18). The zero-order valence-corrected chi connectivity index (χ0v) is 12.8. The minimum atomic E-state index is 0.00681. The van der Waals surface area contributed by atoms with E-state index in [2.05, 4.69) is 21.5 Å². The fourth-order valence-electron chi connectivity index (χ4n) is 2.08. The maximum absolute atomic E-state index is 11.1. The molecule has 2 aromatic heterocycles. The molecule has 0 spiro atoms. The lowest BCUT2D eigenvalue weighted by molar-refractivity contribution is -0.119. The van der Waals surface area contributed by atoms with Gasteiger partial charge in [0.2, 0.25) is 11.0 Å². The number of amides is 1. The summed E-state index contributed by atoms with van der Waals surface area (Å²) >= 11 is 3.23. The summed E-state index contributed by atoms with van der Waals surface area (Å²) in [5.41, 5.74) is 2.08. The molecule has 0 saturated heterocycles. The van der Waals surface area contributed by atoms with Crippen LogP contribution in [-0.4, -0.2) is 26.0 Å². The molecule has 2 aromatic rings. The van der Waals surface area contributed by atoms with Crippen LogP contribution in [-0.2, 0) is 4.79 Å². The van der Waals surface area contributed by atoms with Crippen molar-refractivity contribution in [2.75, 3.05) is 0 Å². The van der Waals surface area contributed by atoms with Crippen molar-refractivity contribution < 1.29 is 4.79 Å². The molecule has 1 atom stereocenters. The molecule has 20 heavy (non-hydrogen) atoms. The maximum atomic E-state index is 11.1.